The first-order valence-electron chi connectivity index (χ1n) is 6.58. The van der Waals surface area contributed by atoms with Crippen LogP contribution in [0.3, 0.4) is 0 Å². The molecule has 19 heavy (non-hydrogen) atoms. The Balaban J connectivity index is 1.66. The summed E-state index contributed by atoms with van der Waals surface area (Å²) in [5, 5.41) is 3.21. The third-order valence-electron chi connectivity index (χ3n) is 3.34. The number of nitrogens with zero attached hydrogens (tertiary/aromatic N) is 4. The molecule has 0 atom stereocenters. The van der Waals surface area contributed by atoms with E-state index in [2.05, 4.69) is 44.2 Å². The van der Waals surface area contributed by atoms with Crippen LogP contribution in [-0.4, -0.2) is 34.6 Å². The Morgan fingerprint density at radius 1 is 1.21 bits per heavy atom. The van der Waals surface area contributed by atoms with Crippen molar-refractivity contribution in [2.24, 2.45) is 0 Å². The zero-order valence-electron chi connectivity index (χ0n) is 11.0. The van der Waals surface area contributed by atoms with E-state index in [9.17, 15) is 0 Å². The van der Waals surface area contributed by atoms with E-state index in [-0.39, 0.29) is 0 Å². The van der Waals surface area contributed by atoms with Crippen molar-refractivity contribution in [2.75, 3.05) is 29.9 Å². The molecule has 5 nitrogen and oxygen atoms in total. The lowest BCUT2D eigenvalue weighted by molar-refractivity contribution is 0.513. The summed E-state index contributed by atoms with van der Waals surface area (Å²) >= 11 is 0. The third kappa shape index (κ3) is 2.50. The summed E-state index contributed by atoms with van der Waals surface area (Å²) < 4.78 is 0. The number of aromatic nitrogens is 3. The summed E-state index contributed by atoms with van der Waals surface area (Å²) in [6.07, 6.45) is 5.50. The largest absolute Gasteiger partial charge is 0.370 e. The zero-order chi connectivity index (χ0) is 13.1. The van der Waals surface area contributed by atoms with Crippen LogP contribution in [0.4, 0.5) is 11.8 Å². The van der Waals surface area contributed by atoms with Crippen LogP contribution in [0.25, 0.3) is 0 Å². The van der Waals surface area contributed by atoms with Crippen LogP contribution in [0.15, 0.2) is 36.8 Å². The Morgan fingerprint density at radius 2 is 2.00 bits per heavy atom. The molecule has 0 aliphatic carbocycles. The number of nitrogens with one attached hydrogen (secondary N) is 1. The van der Waals surface area contributed by atoms with Crippen LogP contribution in [0.2, 0.25) is 0 Å². The molecule has 1 N–H and O–H groups in total. The molecule has 1 fully saturated rings. The molecule has 0 radical (unpaired) electrons. The molecule has 2 aromatic rings. The van der Waals surface area contributed by atoms with Crippen molar-refractivity contribution < 1.29 is 0 Å². The maximum Gasteiger partial charge on any atom is 0.227 e. The second-order valence-corrected chi connectivity index (χ2v) is 4.65. The molecule has 0 saturated carbocycles. The smallest absolute Gasteiger partial charge is 0.227 e. The van der Waals surface area contributed by atoms with E-state index in [1.807, 2.05) is 18.5 Å². The van der Waals surface area contributed by atoms with Gasteiger partial charge in [-0.15, -0.1) is 0 Å². The lowest BCUT2D eigenvalue weighted by atomic mass is 9.93. The van der Waals surface area contributed by atoms with Gasteiger partial charge in [0, 0.05) is 44.1 Å². The molecule has 0 amide bonds. The van der Waals surface area contributed by atoms with Crippen molar-refractivity contribution in [2.45, 2.75) is 12.8 Å². The van der Waals surface area contributed by atoms with Gasteiger partial charge in [-0.1, -0.05) is 0 Å². The predicted molar refractivity (Wildman–Crippen MR) is 75.4 cm³/mol. The summed E-state index contributed by atoms with van der Waals surface area (Å²) in [5.74, 6) is 2.26. The summed E-state index contributed by atoms with van der Waals surface area (Å²) in [7, 11) is 0. The fourth-order valence-corrected chi connectivity index (χ4v) is 2.27. The van der Waals surface area contributed by atoms with E-state index >= 15 is 0 Å². The van der Waals surface area contributed by atoms with Gasteiger partial charge in [0.2, 0.25) is 5.95 Å². The minimum atomic E-state index is 0.564. The van der Waals surface area contributed by atoms with Gasteiger partial charge in [0.15, 0.2) is 0 Å². The molecule has 5 heteroatoms. The van der Waals surface area contributed by atoms with E-state index in [1.165, 1.54) is 5.56 Å². The van der Waals surface area contributed by atoms with Crippen LogP contribution >= 0.6 is 0 Å². The van der Waals surface area contributed by atoms with E-state index in [0.29, 0.717) is 5.92 Å². The minimum Gasteiger partial charge on any atom is -0.370 e. The van der Waals surface area contributed by atoms with Crippen molar-refractivity contribution in [3.8, 4) is 0 Å². The predicted octanol–water partition coefficient (Wildman–Crippen LogP) is 1.91. The van der Waals surface area contributed by atoms with Crippen LogP contribution in [0.5, 0.6) is 0 Å². The van der Waals surface area contributed by atoms with Crippen molar-refractivity contribution >= 4 is 11.8 Å². The highest BCUT2D eigenvalue weighted by molar-refractivity contribution is 5.44. The van der Waals surface area contributed by atoms with E-state index < -0.39 is 0 Å². The number of rotatable bonds is 4. The van der Waals surface area contributed by atoms with Gasteiger partial charge in [0.25, 0.3) is 0 Å². The molecular weight excluding hydrogens is 238 g/mol. The average molecular weight is 255 g/mol. The first-order chi connectivity index (χ1) is 9.36. The molecule has 0 unspecified atom stereocenters. The quantitative estimate of drug-likeness (QED) is 0.904. The zero-order valence-corrected chi connectivity index (χ0v) is 11.0. The monoisotopic (exact) mass is 255 g/mol. The summed E-state index contributed by atoms with van der Waals surface area (Å²) in [6.45, 7) is 4.88. The average Bonchev–Trinajstić information content (AvgIpc) is 2.39. The fourth-order valence-electron chi connectivity index (χ4n) is 2.27. The normalized spacial score (nSPS) is 15.1. The van der Waals surface area contributed by atoms with Crippen molar-refractivity contribution in [3.63, 3.8) is 0 Å². The van der Waals surface area contributed by atoms with Crippen molar-refractivity contribution in [1.29, 1.82) is 0 Å². The molecule has 3 heterocycles. The van der Waals surface area contributed by atoms with E-state index in [0.717, 1.165) is 31.4 Å². The minimum absolute atomic E-state index is 0.564. The molecule has 1 aliphatic rings. The van der Waals surface area contributed by atoms with Crippen LogP contribution in [0, 0.1) is 0 Å². The summed E-state index contributed by atoms with van der Waals surface area (Å²) in [6, 6.07) is 6.06. The molecule has 1 saturated heterocycles. The van der Waals surface area contributed by atoms with Gasteiger partial charge in [-0.05, 0) is 30.7 Å². The Bertz CT molecular complexity index is 537. The van der Waals surface area contributed by atoms with Gasteiger partial charge >= 0.3 is 0 Å². The first kappa shape index (κ1) is 11.9. The highest BCUT2D eigenvalue weighted by Gasteiger charge is 2.29. The van der Waals surface area contributed by atoms with Crippen LogP contribution < -0.4 is 10.2 Å². The molecular formula is C14H17N5. The maximum atomic E-state index is 4.50. The van der Waals surface area contributed by atoms with Crippen LogP contribution in [-0.2, 0) is 0 Å². The molecule has 98 valence electrons. The fraction of sp³-hybridized carbons (Fsp3) is 0.357. The van der Waals surface area contributed by atoms with Gasteiger partial charge in [-0.2, -0.15) is 4.98 Å². The number of hydrogen-bond acceptors (Lipinski definition) is 5. The topological polar surface area (TPSA) is 53.9 Å². The highest BCUT2D eigenvalue weighted by atomic mass is 15.3. The Kier molecular flexibility index (Phi) is 3.27. The third-order valence-corrected chi connectivity index (χ3v) is 3.34. The van der Waals surface area contributed by atoms with Gasteiger partial charge in [0.1, 0.15) is 5.82 Å². The lowest BCUT2D eigenvalue weighted by Crippen LogP contribution is -2.46. The van der Waals surface area contributed by atoms with Gasteiger partial charge in [-0.3, -0.25) is 4.98 Å². The van der Waals surface area contributed by atoms with Gasteiger partial charge < -0.3 is 10.2 Å². The lowest BCUT2D eigenvalue weighted by Gasteiger charge is -2.39. The molecule has 0 spiro atoms. The van der Waals surface area contributed by atoms with Crippen LogP contribution in [0.1, 0.15) is 18.4 Å². The number of hydrogen-bond donors (Lipinski definition) is 1. The maximum absolute atomic E-state index is 4.50. The van der Waals surface area contributed by atoms with Gasteiger partial charge in [0.05, 0.1) is 0 Å². The first-order valence-corrected chi connectivity index (χ1v) is 6.58. The Hall–Kier alpha value is -2.17. The summed E-state index contributed by atoms with van der Waals surface area (Å²) in [5.41, 5.74) is 1.34. The standard InChI is InChI=1S/C14H17N5/c1-2-16-13-5-8-17-14(18-13)19-9-12(10-19)11-3-6-15-7-4-11/h3-8,12H,2,9-10H2,1H3,(H,16,17,18). The van der Waals surface area contributed by atoms with Crippen molar-refractivity contribution in [1.82, 2.24) is 15.0 Å². The van der Waals surface area contributed by atoms with E-state index in [4.69, 9.17) is 0 Å². The number of pyridine rings is 1. The van der Waals surface area contributed by atoms with Gasteiger partial charge in [-0.25, -0.2) is 4.98 Å². The second-order valence-electron chi connectivity index (χ2n) is 4.65. The SMILES string of the molecule is CCNc1ccnc(N2CC(c3ccncc3)C2)n1. The number of anilines is 2. The molecule has 2 aromatic heterocycles. The Labute approximate surface area is 112 Å². The molecule has 3 rings (SSSR count). The highest BCUT2D eigenvalue weighted by Crippen LogP contribution is 2.29. The Morgan fingerprint density at radius 3 is 2.74 bits per heavy atom. The van der Waals surface area contributed by atoms with Crippen molar-refractivity contribution in [3.05, 3.63) is 42.4 Å². The van der Waals surface area contributed by atoms with E-state index in [1.54, 1.807) is 6.20 Å². The molecule has 0 aromatic carbocycles. The second kappa shape index (κ2) is 5.22. The molecule has 1 aliphatic heterocycles. The molecule has 0 bridgehead atoms. The summed E-state index contributed by atoms with van der Waals surface area (Å²) in [4.78, 5) is 15.1.